The minimum absolute atomic E-state index is 0.480. The Morgan fingerprint density at radius 2 is 2.04 bits per heavy atom. The van der Waals surface area contributed by atoms with Crippen LogP contribution >= 0.6 is 27.5 Å². The monoisotopic (exact) mass is 413 g/mol. The number of rotatable bonds is 8. The maximum atomic E-state index is 6.35. The number of nitrogens with zero attached hydrogens (tertiary/aromatic N) is 2. The van der Waals surface area contributed by atoms with Crippen LogP contribution in [0.5, 0.6) is 11.6 Å². The molecule has 7 heteroatoms. The summed E-state index contributed by atoms with van der Waals surface area (Å²) in [7, 11) is 3.39. The first-order valence-electron chi connectivity index (χ1n) is 7.82. The van der Waals surface area contributed by atoms with Crippen LogP contribution in [0.3, 0.4) is 0 Å². The Labute approximate surface area is 155 Å². The summed E-state index contributed by atoms with van der Waals surface area (Å²) in [5, 5.41) is 3.57. The minimum atomic E-state index is 0.480. The summed E-state index contributed by atoms with van der Waals surface area (Å²) in [5.74, 6) is 1.75. The van der Waals surface area contributed by atoms with E-state index in [0.29, 0.717) is 39.4 Å². The van der Waals surface area contributed by atoms with Crippen LogP contribution in [-0.2, 0) is 0 Å². The van der Waals surface area contributed by atoms with Gasteiger partial charge in [-0.05, 0) is 40.5 Å². The fourth-order valence-electron chi connectivity index (χ4n) is 2.17. The van der Waals surface area contributed by atoms with Crippen molar-refractivity contribution in [2.45, 2.75) is 26.2 Å². The first-order chi connectivity index (χ1) is 11.6. The van der Waals surface area contributed by atoms with Gasteiger partial charge in [-0.2, -0.15) is 0 Å². The van der Waals surface area contributed by atoms with E-state index in [1.807, 2.05) is 12.1 Å². The van der Waals surface area contributed by atoms with E-state index in [2.05, 4.69) is 38.1 Å². The normalized spacial score (nSPS) is 10.5. The average molecular weight is 415 g/mol. The average Bonchev–Trinajstić information content (AvgIpc) is 2.59. The molecule has 1 aromatic heterocycles. The Morgan fingerprint density at radius 1 is 1.25 bits per heavy atom. The van der Waals surface area contributed by atoms with Crippen LogP contribution in [0.2, 0.25) is 5.02 Å². The van der Waals surface area contributed by atoms with Gasteiger partial charge >= 0.3 is 0 Å². The highest BCUT2D eigenvalue weighted by atomic mass is 79.9. The molecule has 0 saturated carbocycles. The molecule has 0 radical (unpaired) electrons. The Balaban J connectivity index is 2.32. The Bertz CT molecular complexity index is 698. The van der Waals surface area contributed by atoms with Gasteiger partial charge in [-0.1, -0.05) is 31.4 Å². The molecule has 5 nitrogen and oxygen atoms in total. The van der Waals surface area contributed by atoms with Gasteiger partial charge in [-0.15, -0.1) is 0 Å². The molecule has 0 unspecified atom stereocenters. The van der Waals surface area contributed by atoms with Crippen molar-refractivity contribution in [1.82, 2.24) is 9.97 Å². The van der Waals surface area contributed by atoms with Crippen molar-refractivity contribution in [2.24, 2.45) is 0 Å². The number of hydrogen-bond acceptors (Lipinski definition) is 5. The van der Waals surface area contributed by atoms with E-state index in [1.54, 1.807) is 20.2 Å². The summed E-state index contributed by atoms with van der Waals surface area (Å²) < 4.78 is 11.5. The summed E-state index contributed by atoms with van der Waals surface area (Å²) in [5.41, 5.74) is 1.42. The third-order valence-electron chi connectivity index (χ3n) is 3.48. The van der Waals surface area contributed by atoms with E-state index >= 15 is 0 Å². The van der Waals surface area contributed by atoms with Crippen LogP contribution < -0.4 is 14.8 Å². The number of anilines is 1. The van der Waals surface area contributed by atoms with Gasteiger partial charge < -0.3 is 14.8 Å². The fourth-order valence-corrected chi connectivity index (χ4v) is 2.89. The molecule has 0 aliphatic carbocycles. The lowest BCUT2D eigenvalue weighted by Gasteiger charge is -2.13. The molecule has 0 amide bonds. The van der Waals surface area contributed by atoms with Crippen molar-refractivity contribution in [3.63, 3.8) is 0 Å². The number of methoxy groups -OCH3 is 1. The quantitative estimate of drug-likeness (QED) is 0.603. The Hall–Kier alpha value is -1.53. The lowest BCUT2D eigenvalue weighted by Crippen LogP contribution is -2.06. The highest BCUT2D eigenvalue weighted by molar-refractivity contribution is 9.10. The second-order valence-corrected chi connectivity index (χ2v) is 6.33. The van der Waals surface area contributed by atoms with E-state index in [-0.39, 0.29) is 0 Å². The smallest absolute Gasteiger partial charge is 0.258 e. The van der Waals surface area contributed by atoms with Crippen molar-refractivity contribution in [1.29, 1.82) is 0 Å². The fraction of sp³-hybridized carbons (Fsp3) is 0.412. The van der Waals surface area contributed by atoms with Crippen LogP contribution in [0.25, 0.3) is 11.3 Å². The number of aromatic nitrogens is 2. The number of nitrogens with one attached hydrogen (secondary N) is 1. The van der Waals surface area contributed by atoms with E-state index in [4.69, 9.17) is 21.1 Å². The molecule has 0 atom stereocenters. The molecular formula is C17H21BrClN3O2. The zero-order chi connectivity index (χ0) is 17.5. The van der Waals surface area contributed by atoms with Gasteiger partial charge in [0, 0.05) is 12.6 Å². The molecule has 0 spiro atoms. The van der Waals surface area contributed by atoms with E-state index in [9.17, 15) is 0 Å². The second-order valence-electron chi connectivity index (χ2n) is 5.17. The van der Waals surface area contributed by atoms with Crippen LogP contribution in [0, 0.1) is 0 Å². The molecule has 0 aliphatic heterocycles. The largest absolute Gasteiger partial charge is 0.497 e. The predicted molar refractivity (Wildman–Crippen MR) is 101 cm³/mol. The van der Waals surface area contributed by atoms with Crippen molar-refractivity contribution in [3.05, 3.63) is 27.8 Å². The van der Waals surface area contributed by atoms with Crippen LogP contribution in [-0.4, -0.2) is 30.7 Å². The highest BCUT2D eigenvalue weighted by Crippen LogP contribution is 2.36. The van der Waals surface area contributed by atoms with Gasteiger partial charge in [0.05, 0.1) is 18.7 Å². The molecule has 1 heterocycles. The summed E-state index contributed by atoms with van der Waals surface area (Å²) >= 11 is 9.82. The van der Waals surface area contributed by atoms with Crippen molar-refractivity contribution >= 4 is 33.3 Å². The van der Waals surface area contributed by atoms with Crippen molar-refractivity contribution < 1.29 is 9.47 Å². The van der Waals surface area contributed by atoms with E-state index in [1.165, 1.54) is 0 Å². The maximum Gasteiger partial charge on any atom is 0.258 e. The number of ether oxygens (including phenoxy) is 2. The van der Waals surface area contributed by atoms with E-state index < -0.39 is 0 Å². The first kappa shape index (κ1) is 18.8. The van der Waals surface area contributed by atoms with Gasteiger partial charge in [0.2, 0.25) is 0 Å². The molecule has 130 valence electrons. The maximum absolute atomic E-state index is 6.35. The van der Waals surface area contributed by atoms with Crippen molar-refractivity contribution in [3.8, 4) is 22.9 Å². The highest BCUT2D eigenvalue weighted by Gasteiger charge is 2.16. The lowest BCUT2D eigenvalue weighted by molar-refractivity contribution is 0.295. The van der Waals surface area contributed by atoms with Crippen LogP contribution in [0.4, 0.5) is 5.82 Å². The Kier molecular flexibility index (Phi) is 7.12. The molecular weight excluding hydrogens is 394 g/mol. The zero-order valence-corrected chi connectivity index (χ0v) is 16.4. The molecule has 0 aliphatic rings. The van der Waals surface area contributed by atoms with Crippen molar-refractivity contribution in [2.75, 3.05) is 26.1 Å². The summed E-state index contributed by atoms with van der Waals surface area (Å²) in [6.07, 6.45) is 3.26. The summed E-state index contributed by atoms with van der Waals surface area (Å²) in [6.45, 7) is 2.77. The number of halogens is 2. The molecule has 2 rings (SSSR count). The molecule has 0 fully saturated rings. The predicted octanol–water partition coefficient (Wildman–Crippen LogP) is 5.18. The standard InChI is InChI=1S/C17H21BrClN3O2/c1-4-5-6-9-24-17-16(20-2)21-14(15(18)22-17)12-8-7-11(23-3)10-13(12)19/h7-8,10H,4-6,9H2,1-3H3,(H,20,21). The van der Waals surface area contributed by atoms with Gasteiger partial charge in [-0.25, -0.2) is 9.97 Å². The molecule has 1 N–H and O–H groups in total. The molecule has 24 heavy (non-hydrogen) atoms. The third-order valence-corrected chi connectivity index (χ3v) is 4.34. The molecule has 2 aromatic rings. The first-order valence-corrected chi connectivity index (χ1v) is 8.99. The number of benzene rings is 1. The van der Waals surface area contributed by atoms with Gasteiger partial charge in [0.15, 0.2) is 5.82 Å². The summed E-state index contributed by atoms with van der Waals surface area (Å²) in [4.78, 5) is 9.09. The number of unbranched alkanes of at least 4 members (excludes halogenated alkanes) is 2. The zero-order valence-electron chi connectivity index (χ0n) is 14.0. The van der Waals surface area contributed by atoms with Crippen LogP contribution in [0.1, 0.15) is 26.2 Å². The SMILES string of the molecule is CCCCCOc1nc(Br)c(-c2ccc(OC)cc2Cl)nc1NC. The molecule has 1 aromatic carbocycles. The van der Waals surface area contributed by atoms with Gasteiger partial charge in [0.25, 0.3) is 5.88 Å². The summed E-state index contributed by atoms with van der Waals surface area (Å²) in [6, 6.07) is 5.44. The molecule has 0 bridgehead atoms. The third kappa shape index (κ3) is 4.51. The minimum Gasteiger partial charge on any atom is -0.497 e. The Morgan fingerprint density at radius 3 is 2.67 bits per heavy atom. The topological polar surface area (TPSA) is 56.3 Å². The van der Waals surface area contributed by atoms with Crippen LogP contribution in [0.15, 0.2) is 22.8 Å². The molecule has 0 saturated heterocycles. The number of hydrogen-bond donors (Lipinski definition) is 1. The second kappa shape index (κ2) is 9.08. The van der Waals surface area contributed by atoms with Gasteiger partial charge in [0.1, 0.15) is 16.0 Å². The van der Waals surface area contributed by atoms with Gasteiger partial charge in [-0.3, -0.25) is 0 Å². The lowest BCUT2D eigenvalue weighted by atomic mass is 10.1. The van der Waals surface area contributed by atoms with E-state index in [0.717, 1.165) is 24.8 Å².